The summed E-state index contributed by atoms with van der Waals surface area (Å²) < 4.78 is 5.44. The minimum Gasteiger partial charge on any atom is -0.444 e. The maximum atomic E-state index is 12.0. The minimum absolute atomic E-state index is 0.172. The van der Waals surface area contributed by atoms with Crippen LogP contribution in [0.1, 0.15) is 53.4 Å². The summed E-state index contributed by atoms with van der Waals surface area (Å²) in [7, 11) is 0. The molecule has 1 saturated heterocycles. The van der Waals surface area contributed by atoms with Crippen LogP contribution in [0.4, 0.5) is 4.79 Å². The maximum absolute atomic E-state index is 12.0. The third-order valence-corrected chi connectivity index (χ3v) is 4.80. The lowest BCUT2D eigenvalue weighted by Crippen LogP contribution is -2.50. The van der Waals surface area contributed by atoms with Gasteiger partial charge < -0.3 is 15.0 Å². The van der Waals surface area contributed by atoms with E-state index in [9.17, 15) is 4.79 Å². The smallest absolute Gasteiger partial charge is 0.410 e. The molecule has 1 N–H and O–H groups in total. The molecule has 0 aromatic rings. The molecule has 5 nitrogen and oxygen atoms in total. The van der Waals surface area contributed by atoms with E-state index in [0.717, 1.165) is 51.2 Å². The van der Waals surface area contributed by atoms with E-state index in [1.807, 2.05) is 25.7 Å². The van der Waals surface area contributed by atoms with E-state index in [1.165, 1.54) is 25.7 Å². The number of nitrogens with one attached hydrogen (secondary N) is 1. The molecule has 1 aliphatic carbocycles. The van der Waals surface area contributed by atoms with Gasteiger partial charge in [0.25, 0.3) is 0 Å². The normalized spacial score (nSPS) is 26.5. The van der Waals surface area contributed by atoms with Gasteiger partial charge in [-0.15, -0.1) is 0 Å². The number of nitrogens with zero attached hydrogens (tertiary/aromatic N) is 2. The SMILES string of the molecule is CC1CCC(NCCCN2CCN(C(=O)OC(C)(C)C)CC2)C1. The van der Waals surface area contributed by atoms with Gasteiger partial charge in [-0.2, -0.15) is 0 Å². The Morgan fingerprint density at radius 2 is 1.87 bits per heavy atom. The summed E-state index contributed by atoms with van der Waals surface area (Å²) in [5.41, 5.74) is -0.405. The van der Waals surface area contributed by atoms with Gasteiger partial charge in [-0.1, -0.05) is 6.92 Å². The van der Waals surface area contributed by atoms with Gasteiger partial charge in [0.2, 0.25) is 0 Å². The molecular weight excluding hydrogens is 290 g/mol. The summed E-state index contributed by atoms with van der Waals surface area (Å²) in [6, 6.07) is 0.744. The zero-order valence-electron chi connectivity index (χ0n) is 15.4. The second-order valence-electron chi connectivity index (χ2n) is 8.23. The monoisotopic (exact) mass is 325 g/mol. The summed E-state index contributed by atoms with van der Waals surface area (Å²) >= 11 is 0. The number of rotatable bonds is 5. The van der Waals surface area contributed by atoms with Crippen LogP contribution in [0.15, 0.2) is 0 Å². The van der Waals surface area contributed by atoms with Crippen LogP contribution in [0.5, 0.6) is 0 Å². The highest BCUT2D eigenvalue weighted by Gasteiger charge is 2.25. The molecule has 1 saturated carbocycles. The third kappa shape index (κ3) is 6.68. The van der Waals surface area contributed by atoms with Gasteiger partial charge >= 0.3 is 6.09 Å². The fourth-order valence-corrected chi connectivity index (χ4v) is 3.48. The van der Waals surface area contributed by atoms with Gasteiger partial charge in [0.05, 0.1) is 0 Å². The molecule has 0 bridgehead atoms. The molecular formula is C18H35N3O2. The lowest BCUT2D eigenvalue weighted by atomic mass is 10.1. The second kappa shape index (κ2) is 8.34. The first kappa shape index (κ1) is 18.5. The van der Waals surface area contributed by atoms with Crippen LogP contribution >= 0.6 is 0 Å². The number of hydrogen-bond donors (Lipinski definition) is 1. The van der Waals surface area contributed by atoms with Crippen molar-refractivity contribution in [1.82, 2.24) is 15.1 Å². The van der Waals surface area contributed by atoms with Crippen molar-refractivity contribution in [3.8, 4) is 0 Å². The van der Waals surface area contributed by atoms with Gasteiger partial charge in [-0.3, -0.25) is 4.90 Å². The molecule has 23 heavy (non-hydrogen) atoms. The fraction of sp³-hybridized carbons (Fsp3) is 0.944. The van der Waals surface area contributed by atoms with Crippen LogP contribution in [-0.4, -0.2) is 66.8 Å². The van der Waals surface area contributed by atoms with Crippen LogP contribution in [0.2, 0.25) is 0 Å². The molecule has 2 fully saturated rings. The first-order valence-corrected chi connectivity index (χ1v) is 9.27. The molecule has 2 rings (SSSR count). The quantitative estimate of drug-likeness (QED) is 0.790. The zero-order chi connectivity index (χ0) is 16.9. The van der Waals surface area contributed by atoms with Crippen LogP contribution in [0.3, 0.4) is 0 Å². The van der Waals surface area contributed by atoms with Crippen molar-refractivity contribution >= 4 is 6.09 Å². The molecule has 2 atom stereocenters. The lowest BCUT2D eigenvalue weighted by Gasteiger charge is -2.35. The Bertz CT molecular complexity index is 373. The molecule has 5 heteroatoms. The van der Waals surface area contributed by atoms with E-state index >= 15 is 0 Å². The topological polar surface area (TPSA) is 44.8 Å². The summed E-state index contributed by atoms with van der Waals surface area (Å²) in [5, 5.41) is 3.69. The molecule has 134 valence electrons. The minimum atomic E-state index is -0.405. The predicted octanol–water partition coefficient (Wildman–Crippen LogP) is 2.71. The van der Waals surface area contributed by atoms with Gasteiger partial charge in [0.15, 0.2) is 0 Å². The van der Waals surface area contributed by atoms with Crippen molar-refractivity contribution in [2.75, 3.05) is 39.3 Å². The molecule has 0 aromatic carbocycles. The molecule has 0 aromatic heterocycles. The number of carbonyl (C=O) groups excluding carboxylic acids is 1. The molecule has 2 aliphatic rings. The van der Waals surface area contributed by atoms with Gasteiger partial charge in [0, 0.05) is 32.2 Å². The lowest BCUT2D eigenvalue weighted by molar-refractivity contribution is 0.0144. The molecule has 1 amide bonds. The maximum Gasteiger partial charge on any atom is 0.410 e. The molecule has 1 aliphatic heterocycles. The molecule has 1 heterocycles. The van der Waals surface area contributed by atoms with E-state index in [-0.39, 0.29) is 6.09 Å². The van der Waals surface area contributed by atoms with Crippen LogP contribution in [0.25, 0.3) is 0 Å². The predicted molar refractivity (Wildman–Crippen MR) is 93.7 cm³/mol. The Labute approximate surface area is 141 Å². The van der Waals surface area contributed by atoms with Gasteiger partial charge in [0.1, 0.15) is 5.60 Å². The van der Waals surface area contributed by atoms with Gasteiger partial charge in [-0.25, -0.2) is 4.79 Å². The first-order chi connectivity index (χ1) is 10.8. The summed E-state index contributed by atoms with van der Waals surface area (Å²) in [6.45, 7) is 13.8. The van der Waals surface area contributed by atoms with E-state index in [2.05, 4.69) is 17.1 Å². The average Bonchev–Trinajstić information content (AvgIpc) is 2.88. The Kier molecular flexibility index (Phi) is 6.72. The number of ether oxygens (including phenoxy) is 1. The summed E-state index contributed by atoms with van der Waals surface area (Å²) in [5.74, 6) is 0.897. The van der Waals surface area contributed by atoms with E-state index in [0.29, 0.717) is 0 Å². The summed E-state index contributed by atoms with van der Waals surface area (Å²) in [6.07, 6.45) is 5.08. The van der Waals surface area contributed by atoms with Crippen molar-refractivity contribution in [1.29, 1.82) is 0 Å². The molecule has 2 unspecified atom stereocenters. The number of carbonyl (C=O) groups is 1. The molecule has 0 radical (unpaired) electrons. The number of amides is 1. The van der Waals surface area contributed by atoms with Crippen LogP contribution in [0, 0.1) is 5.92 Å². The van der Waals surface area contributed by atoms with Gasteiger partial charge in [-0.05, 0) is 65.5 Å². The Morgan fingerprint density at radius 3 is 2.43 bits per heavy atom. The van der Waals surface area contributed by atoms with E-state index in [4.69, 9.17) is 4.74 Å². The first-order valence-electron chi connectivity index (χ1n) is 9.27. The molecule has 0 spiro atoms. The van der Waals surface area contributed by atoms with E-state index < -0.39 is 5.60 Å². The van der Waals surface area contributed by atoms with Crippen molar-refractivity contribution in [2.24, 2.45) is 5.92 Å². The highest BCUT2D eigenvalue weighted by atomic mass is 16.6. The number of piperazine rings is 1. The highest BCUT2D eigenvalue weighted by Crippen LogP contribution is 2.24. The van der Waals surface area contributed by atoms with Crippen LogP contribution < -0.4 is 5.32 Å². The second-order valence-corrected chi connectivity index (χ2v) is 8.23. The van der Waals surface area contributed by atoms with Crippen molar-refractivity contribution < 1.29 is 9.53 Å². The number of hydrogen-bond acceptors (Lipinski definition) is 4. The Morgan fingerprint density at radius 1 is 1.17 bits per heavy atom. The van der Waals surface area contributed by atoms with E-state index in [1.54, 1.807) is 0 Å². The fourth-order valence-electron chi connectivity index (χ4n) is 3.48. The standard InChI is InChI=1S/C18H35N3O2/c1-15-6-7-16(14-15)19-8-5-9-20-10-12-21(13-11-20)17(22)23-18(2,3)4/h15-16,19H,5-14H2,1-4H3. The van der Waals surface area contributed by atoms with Crippen molar-refractivity contribution in [2.45, 2.75) is 65.0 Å². The van der Waals surface area contributed by atoms with Crippen LogP contribution in [-0.2, 0) is 4.74 Å². The highest BCUT2D eigenvalue weighted by molar-refractivity contribution is 5.68. The largest absolute Gasteiger partial charge is 0.444 e. The average molecular weight is 325 g/mol. The van der Waals surface area contributed by atoms with Crippen molar-refractivity contribution in [3.63, 3.8) is 0 Å². The Balaban J connectivity index is 1.55. The Hall–Kier alpha value is -0.810. The third-order valence-electron chi connectivity index (χ3n) is 4.80. The zero-order valence-corrected chi connectivity index (χ0v) is 15.4. The summed E-state index contributed by atoms with van der Waals surface area (Å²) in [4.78, 5) is 16.3. The van der Waals surface area contributed by atoms with Crippen molar-refractivity contribution in [3.05, 3.63) is 0 Å².